The molecule has 8 heteroatoms. The van der Waals surface area contributed by atoms with Gasteiger partial charge in [-0.1, -0.05) is 6.42 Å². The molecule has 0 atom stereocenters. The van der Waals surface area contributed by atoms with Crippen molar-refractivity contribution >= 4 is 17.5 Å². The van der Waals surface area contributed by atoms with Gasteiger partial charge in [0, 0.05) is 17.7 Å². The van der Waals surface area contributed by atoms with Crippen LogP contribution in [0.25, 0.3) is 5.65 Å². The molecular formula is C13H13N7O. The molecule has 0 saturated heterocycles. The van der Waals surface area contributed by atoms with Crippen LogP contribution in [-0.4, -0.2) is 35.7 Å². The first-order valence-electron chi connectivity index (χ1n) is 6.82. The highest BCUT2D eigenvalue weighted by Crippen LogP contribution is 2.34. The van der Waals surface area contributed by atoms with Crippen molar-refractivity contribution in [2.24, 2.45) is 0 Å². The lowest BCUT2D eigenvalue weighted by atomic mass is 9.85. The van der Waals surface area contributed by atoms with Gasteiger partial charge in [0.1, 0.15) is 12.2 Å². The number of amides is 1. The second-order valence-corrected chi connectivity index (χ2v) is 5.10. The number of H-pyrrole nitrogens is 1. The first kappa shape index (κ1) is 12.0. The Morgan fingerprint density at radius 3 is 3.14 bits per heavy atom. The van der Waals surface area contributed by atoms with Crippen molar-refractivity contribution in [3.05, 3.63) is 36.0 Å². The van der Waals surface area contributed by atoms with Crippen LogP contribution in [0.15, 0.2) is 24.7 Å². The van der Waals surface area contributed by atoms with E-state index >= 15 is 0 Å². The first-order valence-corrected chi connectivity index (χ1v) is 6.82. The fourth-order valence-corrected chi connectivity index (χ4v) is 2.32. The Morgan fingerprint density at radius 1 is 1.43 bits per heavy atom. The van der Waals surface area contributed by atoms with Crippen LogP contribution in [0.4, 0.5) is 5.95 Å². The van der Waals surface area contributed by atoms with Crippen molar-refractivity contribution in [3.63, 3.8) is 0 Å². The van der Waals surface area contributed by atoms with Gasteiger partial charge in [0.15, 0.2) is 5.65 Å². The van der Waals surface area contributed by atoms with Crippen molar-refractivity contribution < 1.29 is 4.79 Å². The van der Waals surface area contributed by atoms with Gasteiger partial charge in [-0.15, -0.1) is 5.10 Å². The molecule has 0 bridgehead atoms. The molecule has 3 aromatic heterocycles. The maximum absolute atomic E-state index is 12.2. The summed E-state index contributed by atoms with van der Waals surface area (Å²) in [5, 5.41) is 13.6. The molecule has 0 aromatic carbocycles. The number of carbonyl (C=O) groups is 1. The number of hydrogen-bond donors (Lipinski definition) is 2. The number of pyridine rings is 1. The molecule has 8 nitrogen and oxygen atoms in total. The Morgan fingerprint density at radius 2 is 2.33 bits per heavy atom. The number of carbonyl (C=O) groups excluding carboxylic acids is 1. The number of nitrogens with one attached hydrogen (secondary N) is 2. The standard InChI is InChI=1S/C13H13N7O/c21-12(9-4-5-20-10(6-9)14-7-15-20)17-13-16-11(18-19-13)8-2-1-3-8/h4-8H,1-3H2,(H2,16,17,18,19,21). The highest BCUT2D eigenvalue weighted by atomic mass is 16.1. The van der Waals surface area contributed by atoms with E-state index < -0.39 is 0 Å². The van der Waals surface area contributed by atoms with Crippen LogP contribution in [0.2, 0.25) is 0 Å². The topological polar surface area (TPSA) is 101 Å². The van der Waals surface area contributed by atoms with E-state index in [0.717, 1.165) is 18.7 Å². The molecule has 1 aliphatic rings. The van der Waals surface area contributed by atoms with E-state index in [1.54, 1.807) is 22.8 Å². The molecule has 1 amide bonds. The summed E-state index contributed by atoms with van der Waals surface area (Å²) in [6.45, 7) is 0. The second kappa shape index (κ2) is 4.65. The zero-order valence-corrected chi connectivity index (χ0v) is 11.2. The lowest BCUT2D eigenvalue weighted by Crippen LogP contribution is -2.14. The van der Waals surface area contributed by atoms with Gasteiger partial charge in [-0.25, -0.2) is 9.50 Å². The Bertz CT molecular complexity index is 802. The van der Waals surface area contributed by atoms with Gasteiger partial charge in [0.2, 0.25) is 5.95 Å². The van der Waals surface area contributed by atoms with E-state index in [2.05, 4.69) is 30.6 Å². The minimum absolute atomic E-state index is 0.264. The summed E-state index contributed by atoms with van der Waals surface area (Å²) in [7, 11) is 0. The van der Waals surface area contributed by atoms with Crippen molar-refractivity contribution in [3.8, 4) is 0 Å². The van der Waals surface area contributed by atoms with Gasteiger partial charge >= 0.3 is 0 Å². The number of rotatable bonds is 3. The SMILES string of the molecule is O=C(Nc1n[nH]c(C2CCC2)n1)c1ccn2ncnc2c1. The Balaban J connectivity index is 1.52. The second-order valence-electron chi connectivity index (χ2n) is 5.10. The summed E-state index contributed by atoms with van der Waals surface area (Å²) in [6, 6.07) is 3.35. The largest absolute Gasteiger partial charge is 0.289 e. The van der Waals surface area contributed by atoms with E-state index in [-0.39, 0.29) is 5.91 Å². The van der Waals surface area contributed by atoms with Crippen molar-refractivity contribution in [2.75, 3.05) is 5.32 Å². The Labute approximate surface area is 119 Å². The van der Waals surface area contributed by atoms with Crippen LogP contribution in [-0.2, 0) is 0 Å². The van der Waals surface area contributed by atoms with E-state index in [0.29, 0.717) is 23.1 Å². The van der Waals surface area contributed by atoms with Gasteiger partial charge in [0.05, 0.1) is 0 Å². The minimum atomic E-state index is -0.264. The van der Waals surface area contributed by atoms with E-state index in [1.807, 2.05) is 0 Å². The summed E-state index contributed by atoms with van der Waals surface area (Å²) in [6.07, 6.45) is 6.62. The third-order valence-corrected chi connectivity index (χ3v) is 3.76. The van der Waals surface area contributed by atoms with Crippen molar-refractivity contribution in [1.29, 1.82) is 0 Å². The summed E-state index contributed by atoms with van der Waals surface area (Å²) in [5.74, 6) is 1.35. The highest BCUT2D eigenvalue weighted by molar-refractivity contribution is 6.03. The van der Waals surface area contributed by atoms with Crippen LogP contribution in [0, 0.1) is 0 Å². The van der Waals surface area contributed by atoms with Crippen molar-refractivity contribution in [1.82, 2.24) is 29.8 Å². The monoisotopic (exact) mass is 283 g/mol. The maximum atomic E-state index is 12.2. The molecular weight excluding hydrogens is 270 g/mol. The van der Waals surface area contributed by atoms with Crippen LogP contribution >= 0.6 is 0 Å². The number of anilines is 1. The Hall–Kier alpha value is -2.77. The number of aromatic amines is 1. The molecule has 21 heavy (non-hydrogen) atoms. The Kier molecular flexibility index (Phi) is 2.66. The van der Waals surface area contributed by atoms with Crippen molar-refractivity contribution in [2.45, 2.75) is 25.2 Å². The molecule has 0 aliphatic heterocycles. The molecule has 0 unspecified atom stereocenters. The van der Waals surface area contributed by atoms with Gasteiger partial charge in [-0.2, -0.15) is 10.1 Å². The number of aromatic nitrogens is 6. The molecule has 2 N–H and O–H groups in total. The van der Waals surface area contributed by atoms with Gasteiger partial charge in [0.25, 0.3) is 5.91 Å². The summed E-state index contributed by atoms with van der Waals surface area (Å²) in [4.78, 5) is 20.5. The first-order chi connectivity index (χ1) is 10.3. The number of nitrogens with zero attached hydrogens (tertiary/aromatic N) is 5. The smallest absolute Gasteiger partial charge is 0.258 e. The van der Waals surface area contributed by atoms with E-state index in [4.69, 9.17) is 0 Å². The minimum Gasteiger partial charge on any atom is -0.289 e. The van der Waals surface area contributed by atoms with E-state index in [1.165, 1.54) is 12.7 Å². The lowest BCUT2D eigenvalue weighted by Gasteiger charge is -2.22. The quantitative estimate of drug-likeness (QED) is 0.756. The average Bonchev–Trinajstić information content (AvgIpc) is 3.05. The predicted molar refractivity (Wildman–Crippen MR) is 73.9 cm³/mol. The van der Waals surface area contributed by atoms with Gasteiger partial charge in [-0.3, -0.25) is 15.2 Å². The maximum Gasteiger partial charge on any atom is 0.258 e. The summed E-state index contributed by atoms with van der Waals surface area (Å²) >= 11 is 0. The van der Waals surface area contributed by atoms with Crippen LogP contribution in [0.3, 0.4) is 0 Å². The fraction of sp³-hybridized carbons (Fsp3) is 0.308. The number of fused-ring (bicyclic) bond motifs is 1. The molecule has 1 aliphatic carbocycles. The third kappa shape index (κ3) is 2.14. The molecule has 0 spiro atoms. The summed E-state index contributed by atoms with van der Waals surface area (Å²) in [5.41, 5.74) is 1.11. The third-order valence-electron chi connectivity index (χ3n) is 3.76. The molecule has 4 rings (SSSR count). The molecule has 1 saturated carbocycles. The molecule has 106 valence electrons. The molecule has 0 radical (unpaired) electrons. The zero-order valence-electron chi connectivity index (χ0n) is 11.2. The fourth-order valence-electron chi connectivity index (χ4n) is 2.32. The normalized spacial score (nSPS) is 15.0. The molecule has 1 fully saturated rings. The van der Waals surface area contributed by atoms with Crippen LogP contribution in [0.5, 0.6) is 0 Å². The zero-order chi connectivity index (χ0) is 14.2. The summed E-state index contributed by atoms with van der Waals surface area (Å²) < 4.78 is 1.60. The number of hydrogen-bond acceptors (Lipinski definition) is 5. The average molecular weight is 283 g/mol. The van der Waals surface area contributed by atoms with Crippen LogP contribution < -0.4 is 5.32 Å². The predicted octanol–water partition coefficient (Wildman–Crippen LogP) is 1.37. The van der Waals surface area contributed by atoms with Gasteiger partial charge in [-0.05, 0) is 25.0 Å². The van der Waals surface area contributed by atoms with Gasteiger partial charge < -0.3 is 0 Å². The lowest BCUT2D eigenvalue weighted by molar-refractivity contribution is 0.102. The highest BCUT2D eigenvalue weighted by Gasteiger charge is 2.23. The molecule has 3 heterocycles. The van der Waals surface area contributed by atoms with Crippen LogP contribution in [0.1, 0.15) is 41.4 Å². The van der Waals surface area contributed by atoms with E-state index in [9.17, 15) is 4.79 Å². The molecule has 3 aromatic rings.